The molecule has 4 heteroatoms. The van der Waals surface area contributed by atoms with Gasteiger partial charge in [-0.05, 0) is 31.2 Å². The van der Waals surface area contributed by atoms with E-state index in [2.05, 4.69) is 23.0 Å². The van der Waals surface area contributed by atoms with Crippen LogP contribution in [0.4, 0.5) is 0 Å². The van der Waals surface area contributed by atoms with Gasteiger partial charge < -0.3 is 10.0 Å². The van der Waals surface area contributed by atoms with Crippen LogP contribution in [0.15, 0.2) is 24.3 Å². The maximum atomic E-state index is 10.8. The van der Waals surface area contributed by atoms with E-state index in [0.29, 0.717) is 0 Å². The smallest absolute Gasteiger partial charge is 0.354 e. The Labute approximate surface area is 94.2 Å². The number of nitrogens with zero attached hydrogens (tertiary/aromatic N) is 2. The lowest BCUT2D eigenvalue weighted by atomic mass is 10.0. The molecule has 0 saturated carbocycles. The van der Waals surface area contributed by atoms with E-state index < -0.39 is 5.97 Å². The van der Waals surface area contributed by atoms with Gasteiger partial charge in [-0.15, -0.1) is 0 Å². The number of aromatic carboxylic acids is 1. The van der Waals surface area contributed by atoms with Crippen molar-refractivity contribution in [3.63, 3.8) is 0 Å². The summed E-state index contributed by atoms with van der Waals surface area (Å²) in [5.74, 6) is -0.977. The van der Waals surface area contributed by atoms with Crippen molar-refractivity contribution < 1.29 is 9.90 Å². The van der Waals surface area contributed by atoms with Crippen LogP contribution in [0, 0.1) is 0 Å². The first-order chi connectivity index (χ1) is 7.66. The largest absolute Gasteiger partial charge is 0.477 e. The quantitative estimate of drug-likeness (QED) is 0.817. The van der Waals surface area contributed by atoms with Crippen molar-refractivity contribution in [2.75, 3.05) is 20.1 Å². The molecule has 0 radical (unpaired) electrons. The van der Waals surface area contributed by atoms with E-state index in [1.165, 1.54) is 6.07 Å². The molecule has 0 unspecified atom stereocenters. The van der Waals surface area contributed by atoms with E-state index in [-0.39, 0.29) is 5.69 Å². The van der Waals surface area contributed by atoms with Gasteiger partial charge in [0, 0.05) is 13.1 Å². The van der Waals surface area contributed by atoms with Crippen molar-refractivity contribution in [1.82, 2.24) is 9.88 Å². The van der Waals surface area contributed by atoms with E-state index in [0.717, 1.165) is 30.8 Å². The number of carbonyl (C=O) groups is 1. The molecule has 1 aliphatic rings. The van der Waals surface area contributed by atoms with Gasteiger partial charge >= 0.3 is 5.97 Å². The third kappa shape index (κ3) is 2.28. The summed E-state index contributed by atoms with van der Waals surface area (Å²) in [5, 5.41) is 8.86. The molecule has 0 atom stereocenters. The zero-order valence-corrected chi connectivity index (χ0v) is 9.18. The molecule has 0 aromatic carbocycles. The molecule has 2 heterocycles. The molecule has 1 aromatic rings. The predicted molar refractivity (Wildman–Crippen MR) is 61.3 cm³/mol. The topological polar surface area (TPSA) is 53.4 Å². The van der Waals surface area contributed by atoms with E-state index in [9.17, 15) is 4.79 Å². The molecular formula is C12H14N2O2. The Bertz CT molecular complexity index is 440. The fourth-order valence-corrected chi connectivity index (χ4v) is 1.74. The van der Waals surface area contributed by atoms with Crippen LogP contribution in [0.3, 0.4) is 0 Å². The van der Waals surface area contributed by atoms with Gasteiger partial charge in [0.15, 0.2) is 0 Å². The van der Waals surface area contributed by atoms with E-state index in [1.807, 2.05) is 6.07 Å². The van der Waals surface area contributed by atoms with Gasteiger partial charge in [-0.3, -0.25) is 0 Å². The minimum atomic E-state index is -0.977. The first-order valence-corrected chi connectivity index (χ1v) is 5.25. The zero-order chi connectivity index (χ0) is 11.5. The molecule has 0 fully saturated rings. The van der Waals surface area contributed by atoms with Gasteiger partial charge in [0.25, 0.3) is 0 Å². The Morgan fingerprint density at radius 1 is 1.50 bits per heavy atom. The van der Waals surface area contributed by atoms with E-state index in [1.54, 1.807) is 6.07 Å². The van der Waals surface area contributed by atoms with Gasteiger partial charge in [0.2, 0.25) is 0 Å². The summed E-state index contributed by atoms with van der Waals surface area (Å²) in [5.41, 5.74) is 2.03. The second kappa shape index (κ2) is 4.45. The first-order valence-electron chi connectivity index (χ1n) is 5.25. The van der Waals surface area contributed by atoms with E-state index >= 15 is 0 Å². The second-order valence-corrected chi connectivity index (χ2v) is 3.95. The number of aromatic nitrogens is 1. The molecule has 16 heavy (non-hydrogen) atoms. The fraction of sp³-hybridized carbons (Fsp3) is 0.333. The lowest BCUT2D eigenvalue weighted by Crippen LogP contribution is -2.24. The van der Waals surface area contributed by atoms with Crippen molar-refractivity contribution in [3.8, 4) is 0 Å². The van der Waals surface area contributed by atoms with Crippen LogP contribution in [0.5, 0.6) is 0 Å². The molecular weight excluding hydrogens is 204 g/mol. The summed E-state index contributed by atoms with van der Waals surface area (Å²) in [6, 6.07) is 5.12. The van der Waals surface area contributed by atoms with Gasteiger partial charge in [-0.2, -0.15) is 0 Å². The van der Waals surface area contributed by atoms with Crippen LogP contribution >= 0.6 is 0 Å². The molecule has 4 nitrogen and oxygen atoms in total. The third-order valence-electron chi connectivity index (χ3n) is 2.71. The number of carboxylic acid groups (broad SMARTS) is 1. The second-order valence-electron chi connectivity index (χ2n) is 3.95. The van der Waals surface area contributed by atoms with Crippen LogP contribution in [0.1, 0.15) is 22.6 Å². The highest BCUT2D eigenvalue weighted by atomic mass is 16.4. The van der Waals surface area contributed by atoms with Crippen molar-refractivity contribution in [2.24, 2.45) is 0 Å². The highest BCUT2D eigenvalue weighted by molar-refractivity contribution is 5.85. The standard InChI is InChI=1S/C12H14N2O2/c1-14-7-5-9(6-8-14)10-3-2-4-11(13-10)12(15)16/h2-5H,6-8H2,1H3,(H,15,16). The van der Waals surface area contributed by atoms with E-state index in [4.69, 9.17) is 5.11 Å². The fourth-order valence-electron chi connectivity index (χ4n) is 1.74. The van der Waals surface area contributed by atoms with Gasteiger partial charge in [0.05, 0.1) is 5.69 Å². The molecule has 1 aliphatic heterocycles. The van der Waals surface area contributed by atoms with Crippen LogP contribution in [0.25, 0.3) is 5.57 Å². The number of rotatable bonds is 2. The molecule has 2 rings (SSSR count). The average molecular weight is 218 g/mol. The molecule has 0 spiro atoms. The maximum absolute atomic E-state index is 10.8. The Hall–Kier alpha value is -1.68. The van der Waals surface area contributed by atoms with Gasteiger partial charge in [-0.25, -0.2) is 9.78 Å². The molecule has 1 aromatic heterocycles. The van der Waals surface area contributed by atoms with Gasteiger partial charge in [0.1, 0.15) is 5.69 Å². The molecule has 0 aliphatic carbocycles. The van der Waals surface area contributed by atoms with Crippen LogP contribution in [-0.4, -0.2) is 41.1 Å². The number of pyridine rings is 1. The predicted octanol–water partition coefficient (Wildman–Crippen LogP) is 1.50. The Kier molecular flexibility index (Phi) is 3.01. The molecule has 0 saturated heterocycles. The monoisotopic (exact) mass is 218 g/mol. The normalized spacial score (nSPS) is 16.9. The Balaban J connectivity index is 2.27. The van der Waals surface area contributed by atoms with Gasteiger partial charge in [-0.1, -0.05) is 12.1 Å². The van der Waals surface area contributed by atoms with Crippen molar-refractivity contribution in [3.05, 3.63) is 35.7 Å². The SMILES string of the molecule is CN1CC=C(c2cccc(C(=O)O)n2)CC1. The molecule has 0 amide bonds. The van der Waals surface area contributed by atoms with Crippen molar-refractivity contribution >= 4 is 11.5 Å². The molecule has 84 valence electrons. The minimum Gasteiger partial charge on any atom is -0.477 e. The highest BCUT2D eigenvalue weighted by Crippen LogP contribution is 2.20. The van der Waals surface area contributed by atoms with Crippen LogP contribution < -0.4 is 0 Å². The summed E-state index contributed by atoms with van der Waals surface area (Å²) in [6.45, 7) is 1.89. The van der Waals surface area contributed by atoms with Crippen molar-refractivity contribution in [1.29, 1.82) is 0 Å². The summed E-state index contributed by atoms with van der Waals surface area (Å²) in [4.78, 5) is 17.1. The summed E-state index contributed by atoms with van der Waals surface area (Å²) >= 11 is 0. The summed E-state index contributed by atoms with van der Waals surface area (Å²) in [6.07, 6.45) is 3.03. The average Bonchev–Trinajstić information content (AvgIpc) is 2.30. The summed E-state index contributed by atoms with van der Waals surface area (Å²) < 4.78 is 0. The third-order valence-corrected chi connectivity index (χ3v) is 2.71. The number of hydrogen-bond acceptors (Lipinski definition) is 3. The lowest BCUT2D eigenvalue weighted by molar-refractivity contribution is 0.0690. The number of carboxylic acids is 1. The summed E-state index contributed by atoms with van der Waals surface area (Å²) in [7, 11) is 2.06. The lowest BCUT2D eigenvalue weighted by Gasteiger charge is -2.21. The highest BCUT2D eigenvalue weighted by Gasteiger charge is 2.12. The molecule has 0 bridgehead atoms. The Morgan fingerprint density at radius 2 is 2.31 bits per heavy atom. The van der Waals surface area contributed by atoms with Crippen LogP contribution in [-0.2, 0) is 0 Å². The molecule has 1 N–H and O–H groups in total. The number of hydrogen-bond donors (Lipinski definition) is 1. The Morgan fingerprint density at radius 3 is 2.94 bits per heavy atom. The maximum Gasteiger partial charge on any atom is 0.354 e. The zero-order valence-electron chi connectivity index (χ0n) is 9.18. The first kappa shape index (κ1) is 10.8. The number of likely N-dealkylation sites (N-methyl/N-ethyl adjacent to an activating group) is 1. The van der Waals surface area contributed by atoms with Crippen molar-refractivity contribution in [2.45, 2.75) is 6.42 Å². The minimum absolute atomic E-state index is 0.109. The van der Waals surface area contributed by atoms with Crippen LogP contribution in [0.2, 0.25) is 0 Å².